The normalized spacial score (nSPS) is 21.5. The Labute approximate surface area is 442 Å². The molecule has 390 valence electrons. The number of morpholine rings is 1. The van der Waals surface area contributed by atoms with Crippen molar-refractivity contribution in [1.29, 1.82) is 0 Å². The molecule has 0 bridgehead atoms. The highest BCUT2D eigenvalue weighted by Crippen LogP contribution is 2.66. The smallest absolute Gasteiger partial charge is 0.329 e. The molecule has 0 unspecified atom stereocenters. The van der Waals surface area contributed by atoms with Crippen molar-refractivity contribution in [3.05, 3.63) is 203 Å². The van der Waals surface area contributed by atoms with Crippen molar-refractivity contribution in [1.82, 2.24) is 20.4 Å². The molecular formula is C61H61N5O10. The first-order chi connectivity index (χ1) is 36.9. The fraction of sp³-hybridized carbons (Fsp3) is 0.295. The molecule has 0 aromatic heterocycles. The second-order valence-corrected chi connectivity index (χ2v) is 19.6. The van der Waals surface area contributed by atoms with E-state index in [-0.39, 0.29) is 31.0 Å². The van der Waals surface area contributed by atoms with Gasteiger partial charge in [-0.15, -0.1) is 0 Å². The van der Waals surface area contributed by atoms with Gasteiger partial charge in [-0.3, -0.25) is 24.2 Å². The van der Waals surface area contributed by atoms with E-state index in [0.29, 0.717) is 46.7 Å². The fourth-order valence-corrected chi connectivity index (χ4v) is 11.1. The summed E-state index contributed by atoms with van der Waals surface area (Å²) in [6.07, 6.45) is -2.19. The quantitative estimate of drug-likeness (QED) is 0.0578. The maximum atomic E-state index is 16.8. The highest BCUT2D eigenvalue weighted by atomic mass is 16.6. The lowest BCUT2D eigenvalue weighted by Crippen LogP contribution is -2.58. The van der Waals surface area contributed by atoms with Gasteiger partial charge in [0, 0.05) is 18.7 Å². The molecule has 3 aliphatic rings. The Balaban J connectivity index is 1.31. The average Bonchev–Trinajstić information content (AvgIpc) is 4.12. The van der Waals surface area contributed by atoms with Crippen molar-refractivity contribution in [2.75, 3.05) is 45.4 Å². The van der Waals surface area contributed by atoms with Gasteiger partial charge in [-0.05, 0) is 76.7 Å². The van der Waals surface area contributed by atoms with Crippen LogP contribution in [0.2, 0.25) is 0 Å². The lowest BCUT2D eigenvalue weighted by Gasteiger charge is -2.46. The van der Waals surface area contributed by atoms with Gasteiger partial charge in [0.1, 0.15) is 36.0 Å². The summed E-state index contributed by atoms with van der Waals surface area (Å²) < 4.78 is 17.7. The van der Waals surface area contributed by atoms with Crippen molar-refractivity contribution in [2.24, 2.45) is 11.8 Å². The Kier molecular flexibility index (Phi) is 16.1. The van der Waals surface area contributed by atoms with Crippen LogP contribution in [0.5, 0.6) is 5.75 Å². The first kappa shape index (κ1) is 52.7. The zero-order valence-electron chi connectivity index (χ0n) is 42.7. The minimum absolute atomic E-state index is 0.0646. The number of fused-ring (bicyclic) bond motifs is 3. The maximum Gasteiger partial charge on any atom is 0.329 e. The van der Waals surface area contributed by atoms with E-state index in [1.54, 1.807) is 86.6 Å². The van der Waals surface area contributed by atoms with Crippen molar-refractivity contribution in [2.45, 2.75) is 62.2 Å². The van der Waals surface area contributed by atoms with Crippen molar-refractivity contribution in [3.8, 4) is 17.6 Å². The van der Waals surface area contributed by atoms with Crippen LogP contribution in [0.3, 0.4) is 0 Å². The number of carbonyl (C=O) groups is 5. The zero-order chi connectivity index (χ0) is 53.5. The first-order valence-corrected chi connectivity index (χ1v) is 25.4. The van der Waals surface area contributed by atoms with Gasteiger partial charge in [0.05, 0.1) is 50.1 Å². The number of nitrogens with zero attached hydrogens (tertiary/aromatic N) is 3. The van der Waals surface area contributed by atoms with Crippen LogP contribution in [0.4, 0.5) is 10.5 Å². The topological polar surface area (TPSA) is 187 Å². The predicted molar refractivity (Wildman–Crippen MR) is 284 cm³/mol. The number of imide groups is 1. The van der Waals surface area contributed by atoms with Crippen LogP contribution >= 0.6 is 0 Å². The number of hydrogen-bond acceptors (Lipinski definition) is 12. The molecule has 3 aliphatic heterocycles. The summed E-state index contributed by atoms with van der Waals surface area (Å²) in [5.74, 6) is 1.52. The van der Waals surface area contributed by atoms with E-state index < -0.39 is 83.4 Å². The standard InChI is InChI=1S/C61H61N5O10/c1-39(2)51(57(70)74-4)63-60(73)65-48-31-30-40(21-18-32-64(3)38-41-19-9-5-10-20-41)35-47(48)61(59(65)72)50(56(69)62-37-49(68)42-22-11-6-12-23-42)53-58(71)76-54(44-26-15-8-16-27-44)52(43-24-13-7-14-25-43)66(53)55(61)45-28-17-29-46(36-45)75-34-33-67/h5-17,19-20,22-31,35-36,39,49-55,67-68H,32-34,37-38H2,1-4H3,(H,62,69)(H,63,73)/t49-,50+,51-,52+,53+,54-,55-,61+/m0/s1. The maximum absolute atomic E-state index is 16.8. The number of urea groups is 1. The Hall–Kier alpha value is -8.13. The average molecular weight is 1020 g/mol. The molecule has 0 aliphatic carbocycles. The number of cyclic esters (lactones) is 1. The highest BCUT2D eigenvalue weighted by Gasteiger charge is 2.75. The number of amides is 4. The molecule has 0 radical (unpaired) electrons. The van der Waals surface area contributed by atoms with Crippen LogP contribution in [0.1, 0.15) is 77.1 Å². The summed E-state index contributed by atoms with van der Waals surface area (Å²) in [7, 11) is 3.16. The Morgan fingerprint density at radius 3 is 2.11 bits per heavy atom. The largest absolute Gasteiger partial charge is 0.491 e. The van der Waals surface area contributed by atoms with E-state index in [1.807, 2.05) is 103 Å². The monoisotopic (exact) mass is 1020 g/mol. The van der Waals surface area contributed by atoms with Crippen LogP contribution in [-0.2, 0) is 40.6 Å². The number of aliphatic hydroxyl groups is 2. The minimum atomic E-state index is -2.19. The lowest BCUT2D eigenvalue weighted by molar-refractivity contribution is -0.178. The molecule has 4 amide bonds. The lowest BCUT2D eigenvalue weighted by atomic mass is 9.65. The Morgan fingerprint density at radius 1 is 0.803 bits per heavy atom. The van der Waals surface area contributed by atoms with Crippen LogP contribution in [0, 0.1) is 23.7 Å². The molecule has 76 heavy (non-hydrogen) atoms. The van der Waals surface area contributed by atoms with E-state index in [0.717, 1.165) is 10.5 Å². The summed E-state index contributed by atoms with van der Waals surface area (Å²) in [6.45, 7) is 3.76. The van der Waals surface area contributed by atoms with Gasteiger partial charge in [0.2, 0.25) is 11.8 Å². The summed E-state index contributed by atoms with van der Waals surface area (Å²) in [6, 6.07) is 43.4. The number of carbonyl (C=O) groups excluding carboxylic acids is 5. The number of benzene rings is 6. The highest BCUT2D eigenvalue weighted by molar-refractivity contribution is 6.25. The summed E-state index contributed by atoms with van der Waals surface area (Å²) >= 11 is 0. The number of nitrogens with one attached hydrogen (secondary N) is 2. The van der Waals surface area contributed by atoms with Crippen LogP contribution in [-0.4, -0.2) is 102 Å². The molecule has 2 fully saturated rings. The third kappa shape index (κ3) is 10.3. The second-order valence-electron chi connectivity index (χ2n) is 19.6. The molecule has 4 N–H and O–H groups in total. The van der Waals surface area contributed by atoms with Gasteiger partial charge < -0.3 is 35.1 Å². The third-order valence-electron chi connectivity index (χ3n) is 14.4. The Bertz CT molecular complexity index is 3110. The third-order valence-corrected chi connectivity index (χ3v) is 14.4. The van der Waals surface area contributed by atoms with Crippen LogP contribution in [0.15, 0.2) is 164 Å². The van der Waals surface area contributed by atoms with Gasteiger partial charge in [-0.2, -0.15) is 0 Å². The summed E-state index contributed by atoms with van der Waals surface area (Å²) in [5.41, 5.74) is 1.94. The molecule has 2 saturated heterocycles. The molecule has 8 atom stereocenters. The first-order valence-electron chi connectivity index (χ1n) is 25.4. The molecular weight excluding hydrogens is 963 g/mol. The molecule has 9 rings (SSSR count). The molecule has 3 heterocycles. The van der Waals surface area contributed by atoms with E-state index in [9.17, 15) is 15.0 Å². The van der Waals surface area contributed by atoms with Crippen molar-refractivity contribution < 1.29 is 48.4 Å². The number of esters is 2. The van der Waals surface area contributed by atoms with E-state index in [4.69, 9.17) is 14.2 Å². The van der Waals surface area contributed by atoms with Gasteiger partial charge in [0.15, 0.2) is 0 Å². The van der Waals surface area contributed by atoms with Crippen LogP contribution in [0.25, 0.3) is 0 Å². The fourth-order valence-electron chi connectivity index (χ4n) is 11.1. The molecule has 15 nitrogen and oxygen atoms in total. The van der Waals surface area contributed by atoms with Crippen molar-refractivity contribution in [3.63, 3.8) is 0 Å². The number of methoxy groups -OCH3 is 1. The zero-order valence-corrected chi connectivity index (χ0v) is 42.7. The summed E-state index contributed by atoms with van der Waals surface area (Å²) in [4.78, 5) is 81.7. The second kappa shape index (κ2) is 23.2. The molecule has 6 aromatic rings. The molecule has 1 spiro atoms. The number of aliphatic hydroxyl groups excluding tert-OH is 2. The summed E-state index contributed by atoms with van der Waals surface area (Å²) in [5, 5.41) is 27.2. The van der Waals surface area contributed by atoms with Gasteiger partial charge in [-0.25, -0.2) is 14.5 Å². The number of rotatable bonds is 16. The van der Waals surface area contributed by atoms with Crippen molar-refractivity contribution >= 4 is 35.5 Å². The van der Waals surface area contributed by atoms with Crippen LogP contribution < -0.4 is 20.3 Å². The minimum Gasteiger partial charge on any atom is -0.491 e. The number of anilines is 1. The molecule has 0 saturated carbocycles. The Morgan fingerprint density at radius 2 is 1.45 bits per heavy atom. The van der Waals surface area contributed by atoms with E-state index in [1.165, 1.54) is 7.11 Å². The number of hydrogen-bond donors (Lipinski definition) is 4. The van der Waals surface area contributed by atoms with Gasteiger partial charge in [-0.1, -0.05) is 159 Å². The number of ether oxygens (including phenoxy) is 3. The predicted octanol–water partition coefficient (Wildman–Crippen LogP) is 6.96. The molecule has 15 heteroatoms. The molecule has 6 aromatic carbocycles. The SMILES string of the molecule is COC(=O)[C@@H](NC(=O)N1C(=O)[C@@]2(c3cc(C#CCN(C)Cc4ccccc4)ccc31)[C@H](c1cccc(OCCO)c1)N1[C@H](c3ccccc3)[C@H](c3ccccc3)OC(=O)[C@H]1[C@@H]2C(=O)NC[C@H](O)c1ccccc1)C(C)C. The van der Waals surface area contributed by atoms with E-state index in [2.05, 4.69) is 27.4 Å². The van der Waals surface area contributed by atoms with Gasteiger partial charge in [0.25, 0.3) is 0 Å². The van der Waals surface area contributed by atoms with Gasteiger partial charge >= 0.3 is 18.0 Å². The van der Waals surface area contributed by atoms with E-state index >= 15 is 19.2 Å².